The van der Waals surface area contributed by atoms with E-state index in [4.69, 9.17) is 0 Å². The fourth-order valence-electron chi connectivity index (χ4n) is 1.21. The highest BCUT2D eigenvalue weighted by molar-refractivity contribution is 7.90. The van der Waals surface area contributed by atoms with Gasteiger partial charge in [0.05, 0.1) is 17.6 Å². The van der Waals surface area contributed by atoms with Crippen molar-refractivity contribution < 1.29 is 8.94 Å². The minimum absolute atomic E-state index is 0.247. The summed E-state index contributed by atoms with van der Waals surface area (Å²) in [4.78, 5) is 0. The number of benzene rings is 1. The topological polar surface area (TPSA) is 35.4 Å². The molecule has 1 rings (SSSR count). The van der Waals surface area contributed by atoms with Crippen LogP contribution in [-0.2, 0) is 17.8 Å². The lowest BCUT2D eigenvalue weighted by atomic mass is 10.1. The third-order valence-corrected chi connectivity index (χ3v) is 3.27. The largest absolute Gasteiger partial charge is 0.591 e. The number of rotatable bonds is 5. The molecule has 0 aliphatic heterocycles. The van der Waals surface area contributed by atoms with Crippen molar-refractivity contribution in [3.05, 3.63) is 35.6 Å². The summed E-state index contributed by atoms with van der Waals surface area (Å²) in [6.07, 6.45) is 1.91. The Labute approximate surface area is 98.9 Å². The summed E-state index contributed by atoms with van der Waals surface area (Å²) in [6.45, 7) is 3.98. The molecule has 2 nitrogen and oxygen atoms in total. The Morgan fingerprint density at radius 3 is 2.75 bits per heavy atom. The molecule has 0 aliphatic carbocycles. The van der Waals surface area contributed by atoms with Gasteiger partial charge in [-0.15, -0.1) is 0 Å². The van der Waals surface area contributed by atoms with Crippen molar-refractivity contribution in [2.75, 3.05) is 5.75 Å². The lowest BCUT2D eigenvalue weighted by Gasteiger charge is -2.05. The van der Waals surface area contributed by atoms with Crippen LogP contribution < -0.4 is 0 Å². The van der Waals surface area contributed by atoms with Gasteiger partial charge in [0.15, 0.2) is 0 Å². The molecule has 0 saturated carbocycles. The van der Waals surface area contributed by atoms with Gasteiger partial charge in [0.2, 0.25) is 0 Å². The first kappa shape index (κ1) is 13.2. The first-order valence-electron chi connectivity index (χ1n) is 5.24. The van der Waals surface area contributed by atoms with Crippen LogP contribution in [0.2, 0.25) is 0 Å². The molecule has 0 amide bonds. The summed E-state index contributed by atoms with van der Waals surface area (Å²) in [5, 5.41) is 0. The van der Waals surface area contributed by atoms with Crippen molar-refractivity contribution in [3.8, 4) is 0 Å². The van der Waals surface area contributed by atoms with Gasteiger partial charge in [0.1, 0.15) is 11.6 Å². The van der Waals surface area contributed by atoms with Gasteiger partial charge in [0, 0.05) is 12.3 Å². The quantitative estimate of drug-likeness (QED) is 0.576. The maximum Gasteiger partial charge on any atom is 0.135 e. The molecule has 16 heavy (non-hydrogen) atoms. The highest BCUT2D eigenvalue weighted by Crippen LogP contribution is 2.06. The van der Waals surface area contributed by atoms with Crippen LogP contribution in [0.25, 0.3) is 0 Å². The van der Waals surface area contributed by atoms with E-state index < -0.39 is 11.4 Å². The Morgan fingerprint density at radius 1 is 1.44 bits per heavy atom. The van der Waals surface area contributed by atoms with E-state index in [0.717, 1.165) is 0 Å². The second-order valence-electron chi connectivity index (χ2n) is 3.97. The normalized spacial score (nSPS) is 13.6. The van der Waals surface area contributed by atoms with Crippen molar-refractivity contribution in [2.24, 2.45) is 10.3 Å². The number of hydrogen-bond acceptors (Lipinski definition) is 2. The maximum absolute atomic E-state index is 13.2. The van der Waals surface area contributed by atoms with Crippen LogP contribution in [0.4, 0.5) is 4.39 Å². The minimum Gasteiger partial charge on any atom is -0.591 e. The van der Waals surface area contributed by atoms with E-state index >= 15 is 0 Å². The van der Waals surface area contributed by atoms with E-state index in [-0.39, 0.29) is 5.82 Å². The van der Waals surface area contributed by atoms with Gasteiger partial charge in [0.25, 0.3) is 0 Å². The average Bonchev–Trinajstić information content (AvgIpc) is 2.19. The molecule has 0 bridgehead atoms. The van der Waals surface area contributed by atoms with Crippen molar-refractivity contribution in [1.29, 1.82) is 0 Å². The first-order chi connectivity index (χ1) is 7.59. The van der Waals surface area contributed by atoms with Gasteiger partial charge in [-0.25, -0.2) is 4.39 Å². The van der Waals surface area contributed by atoms with Crippen LogP contribution >= 0.6 is 0 Å². The smallest absolute Gasteiger partial charge is 0.135 e. The molecule has 0 aliphatic rings. The standard InChI is InChI=1S/C12H16FNOS/c1-10(2)9-16(15)14-8-7-11-5-3-4-6-12(11)13/h3-6,8,10H,7,9H2,1-2H3/b14-8+/t16-/m1/s1. The van der Waals surface area contributed by atoms with Crippen molar-refractivity contribution in [1.82, 2.24) is 0 Å². The fourth-order valence-corrected chi connectivity index (χ4v) is 2.11. The molecule has 1 aromatic carbocycles. The van der Waals surface area contributed by atoms with Gasteiger partial charge >= 0.3 is 0 Å². The average molecular weight is 241 g/mol. The van der Waals surface area contributed by atoms with Crippen LogP contribution in [0.3, 0.4) is 0 Å². The van der Waals surface area contributed by atoms with Crippen molar-refractivity contribution in [2.45, 2.75) is 20.3 Å². The molecule has 0 heterocycles. The molecule has 0 unspecified atom stereocenters. The van der Waals surface area contributed by atoms with Crippen LogP contribution in [0.1, 0.15) is 19.4 Å². The molecular formula is C12H16FNOS. The van der Waals surface area contributed by atoms with Gasteiger partial charge in [-0.3, -0.25) is 0 Å². The van der Waals surface area contributed by atoms with Gasteiger partial charge in [-0.2, -0.15) is 0 Å². The zero-order valence-electron chi connectivity index (χ0n) is 9.52. The highest BCUT2D eigenvalue weighted by atomic mass is 32.2. The third-order valence-electron chi connectivity index (χ3n) is 1.94. The lowest BCUT2D eigenvalue weighted by molar-refractivity contribution is 0.583. The van der Waals surface area contributed by atoms with E-state index in [0.29, 0.717) is 23.7 Å². The molecule has 0 fully saturated rings. The molecule has 0 radical (unpaired) electrons. The Bertz CT molecular complexity index is 355. The predicted octanol–water partition coefficient (Wildman–Crippen LogP) is 2.76. The predicted molar refractivity (Wildman–Crippen MR) is 66.4 cm³/mol. The van der Waals surface area contributed by atoms with Gasteiger partial charge < -0.3 is 4.55 Å². The summed E-state index contributed by atoms with van der Waals surface area (Å²) in [7, 11) is 0. The molecule has 4 heteroatoms. The summed E-state index contributed by atoms with van der Waals surface area (Å²) >= 11 is -1.18. The monoisotopic (exact) mass is 241 g/mol. The van der Waals surface area contributed by atoms with E-state index in [2.05, 4.69) is 4.40 Å². The molecule has 0 spiro atoms. The molecule has 1 atom stereocenters. The molecule has 0 aromatic heterocycles. The maximum atomic E-state index is 13.2. The minimum atomic E-state index is -1.18. The van der Waals surface area contributed by atoms with Gasteiger partial charge in [-0.05, 0) is 11.6 Å². The van der Waals surface area contributed by atoms with Crippen molar-refractivity contribution in [3.63, 3.8) is 0 Å². The van der Waals surface area contributed by atoms with E-state index in [1.165, 1.54) is 12.3 Å². The fraction of sp³-hybridized carbons (Fsp3) is 0.417. The van der Waals surface area contributed by atoms with E-state index in [1.54, 1.807) is 18.2 Å². The molecule has 0 N–H and O–H groups in total. The lowest BCUT2D eigenvalue weighted by Crippen LogP contribution is -2.09. The number of nitrogens with zero attached hydrogens (tertiary/aromatic N) is 1. The van der Waals surface area contributed by atoms with Crippen LogP contribution in [0, 0.1) is 11.7 Å². The number of halogens is 1. The van der Waals surface area contributed by atoms with E-state index in [9.17, 15) is 8.94 Å². The third kappa shape index (κ3) is 4.77. The Kier molecular flexibility index (Phi) is 5.49. The summed E-state index contributed by atoms with van der Waals surface area (Å²) < 4.78 is 28.4. The SMILES string of the molecule is CC(C)C[S@@+]([O-])/N=C/Cc1ccccc1F. The van der Waals surface area contributed by atoms with Gasteiger partial charge in [-0.1, -0.05) is 36.4 Å². The molecule has 1 aromatic rings. The summed E-state index contributed by atoms with van der Waals surface area (Å²) in [5.74, 6) is 0.656. The second kappa shape index (κ2) is 6.66. The van der Waals surface area contributed by atoms with Crippen LogP contribution in [0.5, 0.6) is 0 Å². The Morgan fingerprint density at radius 2 is 2.12 bits per heavy atom. The number of hydrogen-bond donors (Lipinski definition) is 0. The molecule has 88 valence electrons. The zero-order valence-corrected chi connectivity index (χ0v) is 10.3. The van der Waals surface area contributed by atoms with Crippen LogP contribution in [0.15, 0.2) is 28.7 Å². The summed E-state index contributed by atoms with van der Waals surface area (Å²) in [5.41, 5.74) is 0.577. The Hall–Kier alpha value is -0.870. The second-order valence-corrected chi connectivity index (χ2v) is 5.15. The van der Waals surface area contributed by atoms with E-state index in [1.807, 2.05) is 13.8 Å². The van der Waals surface area contributed by atoms with Crippen LogP contribution in [-0.4, -0.2) is 16.5 Å². The highest BCUT2D eigenvalue weighted by Gasteiger charge is 2.06. The Balaban J connectivity index is 2.45. The molecule has 0 saturated heterocycles. The summed E-state index contributed by atoms with van der Waals surface area (Å²) in [6, 6.07) is 6.53. The molecular weight excluding hydrogens is 225 g/mol. The first-order valence-corrected chi connectivity index (χ1v) is 6.51. The zero-order chi connectivity index (χ0) is 12.0. The van der Waals surface area contributed by atoms with Crippen molar-refractivity contribution >= 4 is 17.6 Å².